The first-order valence-corrected chi connectivity index (χ1v) is 23.2. The zero-order valence-corrected chi connectivity index (χ0v) is 35.0. The number of aromatic carboxylic acids is 1. The summed E-state index contributed by atoms with van der Waals surface area (Å²) in [7, 11) is -6.07. The number of Topliss-reactive ketones (excluding diaryl/α,β-unsaturated/α-hetero) is 1. The Balaban J connectivity index is 0.000000156. The first-order valence-electron chi connectivity index (χ1n) is 19.6. The highest BCUT2D eigenvalue weighted by molar-refractivity contribution is 7.88. The van der Waals surface area contributed by atoms with E-state index in [1.165, 1.54) is 33.8 Å². The number of hydrogen-bond donors (Lipinski definition) is 4. The number of carboxylic acid groups (broad SMARTS) is 1. The fraction of sp³-hybridized carbons (Fsp3) is 0.474. The standard InChI is InChI=1S/C19H22N6O4S.C13H11N5O3.C5H12N2O2S.CH4/c1-30(27,28)25-8-12(9-25)2-3-15(26)17-14-10-24(7-5-16(14)29-23-17)19-13-4-6-20-18(13)21-11-22-19;19-13(20)10-8-5-18(4-2-9(8)21-17-10)12-7-1-3-14-11(7)15-6-16-12;1-10(8,9)7-3-5(2-6)4-7;/h4,6,11-12H,2-3,5,7-10H2,1H3,(H,20,21,22);1,3,6H,2,4-5H2,(H,19,20)(H,14,15,16);5H,2-4,6H2,1H3;1H4. The predicted molar refractivity (Wildman–Crippen MR) is 226 cm³/mol. The van der Waals surface area contributed by atoms with Crippen molar-refractivity contribution in [2.24, 2.45) is 17.6 Å². The zero-order valence-electron chi connectivity index (χ0n) is 33.4. The number of aromatic nitrogens is 8. The van der Waals surface area contributed by atoms with Gasteiger partial charge in [-0.15, -0.1) is 0 Å². The molecule has 2 saturated heterocycles. The molecule has 4 aliphatic heterocycles. The lowest BCUT2D eigenvalue weighted by atomic mass is 9.94. The Morgan fingerprint density at radius 3 is 1.69 bits per heavy atom. The second-order valence-corrected chi connectivity index (χ2v) is 19.4. The molecule has 332 valence electrons. The number of rotatable bonds is 10. The average molecular weight is 896 g/mol. The molecule has 6 aromatic heterocycles. The van der Waals surface area contributed by atoms with Crippen molar-refractivity contribution in [1.29, 1.82) is 0 Å². The second kappa shape index (κ2) is 17.9. The highest BCUT2D eigenvalue weighted by Gasteiger charge is 2.35. The quantitative estimate of drug-likeness (QED) is 0.143. The number of anilines is 2. The van der Waals surface area contributed by atoms with Crippen molar-refractivity contribution in [2.45, 2.75) is 46.2 Å². The van der Waals surface area contributed by atoms with Gasteiger partial charge in [-0.25, -0.2) is 50.2 Å². The van der Waals surface area contributed by atoms with Gasteiger partial charge in [0.25, 0.3) is 0 Å². The Kier molecular flexibility index (Phi) is 12.8. The molecular formula is C38H49N13O9S2. The van der Waals surface area contributed by atoms with E-state index in [0.29, 0.717) is 101 Å². The normalized spacial score (nSPS) is 17.1. The number of nitrogens with two attached hydrogens (primary N) is 1. The van der Waals surface area contributed by atoms with Crippen molar-refractivity contribution in [3.63, 3.8) is 0 Å². The molecule has 6 aromatic rings. The molecule has 2 fully saturated rings. The second-order valence-electron chi connectivity index (χ2n) is 15.5. The van der Waals surface area contributed by atoms with Gasteiger partial charge in [-0.1, -0.05) is 17.7 Å². The van der Waals surface area contributed by atoms with E-state index in [1.807, 2.05) is 23.2 Å². The molecule has 0 aliphatic carbocycles. The number of ketones is 1. The summed E-state index contributed by atoms with van der Waals surface area (Å²) in [5, 5.41) is 18.7. The maximum atomic E-state index is 12.8. The number of fused-ring (bicyclic) bond motifs is 4. The van der Waals surface area contributed by atoms with E-state index in [9.17, 15) is 26.4 Å². The van der Waals surface area contributed by atoms with Crippen molar-refractivity contribution in [1.82, 2.24) is 48.8 Å². The Hall–Kier alpha value is -5.82. The summed E-state index contributed by atoms with van der Waals surface area (Å²) in [6.45, 7) is 5.10. The molecule has 0 bridgehead atoms. The van der Waals surface area contributed by atoms with Crippen molar-refractivity contribution in [3.8, 4) is 0 Å². The van der Waals surface area contributed by atoms with E-state index >= 15 is 0 Å². The number of carbonyl (C=O) groups is 2. The Morgan fingerprint density at radius 2 is 1.23 bits per heavy atom. The lowest BCUT2D eigenvalue weighted by Crippen LogP contribution is -2.51. The van der Waals surface area contributed by atoms with E-state index in [0.717, 1.165) is 51.6 Å². The van der Waals surface area contributed by atoms with E-state index in [4.69, 9.17) is 19.9 Å². The van der Waals surface area contributed by atoms with Gasteiger partial charge in [0.15, 0.2) is 17.2 Å². The van der Waals surface area contributed by atoms with Crippen LogP contribution in [0.1, 0.15) is 63.9 Å². The zero-order chi connectivity index (χ0) is 43.1. The van der Waals surface area contributed by atoms with Crippen LogP contribution in [0.5, 0.6) is 0 Å². The van der Waals surface area contributed by atoms with Crippen LogP contribution in [-0.4, -0.2) is 141 Å². The molecule has 4 aliphatic rings. The third-order valence-corrected chi connectivity index (χ3v) is 13.8. The number of aromatic amines is 2. The van der Waals surface area contributed by atoms with Crippen molar-refractivity contribution >= 4 is 65.5 Å². The minimum atomic E-state index is -3.13. The first kappa shape index (κ1) is 44.2. The van der Waals surface area contributed by atoms with Gasteiger partial charge in [-0.05, 0) is 36.9 Å². The maximum absolute atomic E-state index is 12.8. The maximum Gasteiger partial charge on any atom is 0.358 e. The van der Waals surface area contributed by atoms with Crippen LogP contribution in [-0.2, 0) is 46.0 Å². The fourth-order valence-corrected chi connectivity index (χ4v) is 9.69. The summed E-state index contributed by atoms with van der Waals surface area (Å²) in [6, 6.07) is 3.85. The van der Waals surface area contributed by atoms with E-state index < -0.39 is 26.0 Å². The lowest BCUT2D eigenvalue weighted by molar-refractivity contribution is 0.0684. The largest absolute Gasteiger partial charge is 0.476 e. The summed E-state index contributed by atoms with van der Waals surface area (Å²) < 4.78 is 57.9. The van der Waals surface area contributed by atoms with Gasteiger partial charge in [0, 0.05) is 82.1 Å². The highest BCUT2D eigenvalue weighted by Crippen LogP contribution is 2.32. The Morgan fingerprint density at radius 1 is 0.758 bits per heavy atom. The molecule has 0 atom stereocenters. The van der Waals surface area contributed by atoms with Gasteiger partial charge in [-0.3, -0.25) is 4.79 Å². The van der Waals surface area contributed by atoms with Crippen LogP contribution in [0.2, 0.25) is 0 Å². The van der Waals surface area contributed by atoms with E-state index in [1.54, 1.807) is 6.20 Å². The summed E-state index contributed by atoms with van der Waals surface area (Å²) in [5.74, 6) is 2.46. The van der Waals surface area contributed by atoms with Gasteiger partial charge in [0.2, 0.25) is 20.0 Å². The molecule has 24 heteroatoms. The third kappa shape index (κ3) is 9.18. The number of nitrogens with zero attached hydrogens (tertiary/aromatic N) is 10. The van der Waals surface area contributed by atoms with Gasteiger partial charge >= 0.3 is 5.97 Å². The number of carboxylic acids is 1. The number of carbonyl (C=O) groups excluding carboxylic acids is 1. The van der Waals surface area contributed by atoms with Crippen molar-refractivity contribution in [3.05, 3.63) is 71.2 Å². The molecule has 22 nitrogen and oxygen atoms in total. The molecular weight excluding hydrogens is 847 g/mol. The van der Waals surface area contributed by atoms with Crippen LogP contribution < -0.4 is 15.5 Å². The molecule has 0 unspecified atom stereocenters. The van der Waals surface area contributed by atoms with E-state index in [2.05, 4.69) is 45.1 Å². The van der Waals surface area contributed by atoms with Crippen LogP contribution in [0.15, 0.2) is 46.2 Å². The summed E-state index contributed by atoms with van der Waals surface area (Å²) >= 11 is 0. The molecule has 0 radical (unpaired) electrons. The third-order valence-electron chi connectivity index (χ3n) is 11.3. The summed E-state index contributed by atoms with van der Waals surface area (Å²) in [6.07, 6.45) is 11.3. The molecule has 5 N–H and O–H groups in total. The van der Waals surface area contributed by atoms with Crippen LogP contribution in [0.4, 0.5) is 11.6 Å². The van der Waals surface area contributed by atoms with E-state index in [-0.39, 0.29) is 24.8 Å². The van der Waals surface area contributed by atoms with Crippen LogP contribution >= 0.6 is 0 Å². The molecule has 0 saturated carbocycles. The lowest BCUT2D eigenvalue weighted by Gasteiger charge is -2.37. The van der Waals surface area contributed by atoms with Crippen LogP contribution in [0, 0.1) is 11.8 Å². The summed E-state index contributed by atoms with van der Waals surface area (Å²) in [4.78, 5) is 51.4. The Labute approximate surface area is 357 Å². The topological polar surface area (TPSA) is 297 Å². The average Bonchev–Trinajstić information content (AvgIpc) is 4.01. The molecule has 10 heterocycles. The SMILES string of the molecule is C.CS(=O)(=O)N1CC(CCC(=O)c2noc3c2CN(c2ncnc4[nH]ccc24)CC3)C1.CS(=O)(=O)N1CC(CN)C1.O=C(O)c1noc2c1CN(c1ncnc3[nH]ccc13)CC2. The number of hydrogen-bond acceptors (Lipinski definition) is 17. The number of nitrogens with one attached hydrogen (secondary N) is 2. The first-order chi connectivity index (χ1) is 29.2. The predicted octanol–water partition coefficient (Wildman–Crippen LogP) is 2.04. The van der Waals surface area contributed by atoms with Crippen molar-refractivity contribution in [2.75, 3.05) is 68.1 Å². The summed E-state index contributed by atoms with van der Waals surface area (Å²) in [5.41, 5.74) is 8.65. The van der Waals surface area contributed by atoms with Crippen LogP contribution in [0.25, 0.3) is 22.1 Å². The number of sulfonamides is 2. The van der Waals surface area contributed by atoms with Gasteiger partial charge < -0.3 is 39.7 Å². The van der Waals surface area contributed by atoms with Crippen molar-refractivity contribution < 1.29 is 40.6 Å². The molecule has 0 amide bonds. The minimum absolute atomic E-state index is 0. The fourth-order valence-electron chi connectivity index (χ4n) is 7.76. The smallest absolute Gasteiger partial charge is 0.358 e. The molecule has 0 spiro atoms. The molecule has 62 heavy (non-hydrogen) atoms. The van der Waals surface area contributed by atoms with Gasteiger partial charge in [0.05, 0.1) is 36.4 Å². The number of H-pyrrole nitrogens is 2. The molecule has 10 rings (SSSR count). The van der Waals surface area contributed by atoms with Gasteiger partial charge in [-0.2, -0.15) is 0 Å². The highest BCUT2D eigenvalue weighted by atomic mass is 32.2. The Bertz CT molecular complexity index is 2790. The molecule has 0 aromatic carbocycles. The van der Waals surface area contributed by atoms with Crippen LogP contribution in [0.3, 0.4) is 0 Å². The monoisotopic (exact) mass is 895 g/mol. The minimum Gasteiger partial charge on any atom is -0.476 e. The van der Waals surface area contributed by atoms with Gasteiger partial charge in [0.1, 0.15) is 47.1 Å².